The predicted octanol–water partition coefficient (Wildman–Crippen LogP) is 2.65. The molecule has 0 amide bonds. The van der Waals surface area contributed by atoms with Gasteiger partial charge in [0.2, 0.25) is 0 Å². The minimum atomic E-state index is 0.683. The van der Waals surface area contributed by atoms with Crippen LogP contribution in [0, 0.1) is 0 Å². The zero-order valence-corrected chi connectivity index (χ0v) is 11.0. The Kier molecular flexibility index (Phi) is 2.92. The second-order valence-electron chi connectivity index (χ2n) is 2.66. The Labute approximate surface area is 94.3 Å². The molecule has 1 aromatic heterocycles. The second-order valence-corrected chi connectivity index (χ2v) is 5.51. The van der Waals surface area contributed by atoms with Crippen molar-refractivity contribution in [2.45, 2.75) is 6.42 Å². The van der Waals surface area contributed by atoms with Gasteiger partial charge in [0, 0.05) is 19.2 Å². The molecule has 0 bridgehead atoms. The molecule has 3 nitrogen and oxygen atoms in total. The maximum absolute atomic E-state index is 4.33. The van der Waals surface area contributed by atoms with E-state index in [0.717, 1.165) is 4.60 Å². The van der Waals surface area contributed by atoms with Crippen LogP contribution in [0.3, 0.4) is 0 Å². The Balaban J connectivity index is 2.27. The van der Waals surface area contributed by atoms with E-state index in [1.54, 1.807) is 0 Å². The molecule has 1 unspecified atom stereocenters. The Hall–Kier alpha value is 0.650. The van der Waals surface area contributed by atoms with Gasteiger partial charge in [-0.15, -0.1) is 0 Å². The van der Waals surface area contributed by atoms with Crippen molar-refractivity contribution in [3.63, 3.8) is 0 Å². The zero-order chi connectivity index (χ0) is 8.55. The fraction of sp³-hybridized carbons (Fsp3) is 0.500. The number of anilines is 1. The molecule has 1 saturated heterocycles. The molecular formula is C6H8BrIN3P. The van der Waals surface area contributed by atoms with Crippen molar-refractivity contribution in [2.24, 2.45) is 0 Å². The van der Waals surface area contributed by atoms with Crippen molar-refractivity contribution in [3.05, 3.63) is 10.7 Å². The van der Waals surface area contributed by atoms with E-state index >= 15 is 0 Å². The fourth-order valence-corrected chi connectivity index (χ4v) is 3.19. The molecule has 1 aliphatic heterocycles. The molecule has 1 atom stereocenters. The standard InChI is InChI=1S/C6H8BrIN3P/c7-5-4-6(10-2-1-3-10)11(9-5)12-8/h4,12H,1-3H2. The molecule has 12 heavy (non-hydrogen) atoms. The Bertz CT molecular complexity index is 286. The minimum absolute atomic E-state index is 0.683. The molecule has 2 rings (SSSR count). The predicted molar refractivity (Wildman–Crippen MR) is 64.5 cm³/mol. The highest BCUT2D eigenvalue weighted by Gasteiger charge is 2.19. The fourth-order valence-electron chi connectivity index (χ4n) is 1.18. The normalized spacial score (nSPS) is 17.3. The van der Waals surface area contributed by atoms with Gasteiger partial charge in [0.1, 0.15) is 10.4 Å². The summed E-state index contributed by atoms with van der Waals surface area (Å²) in [4.78, 5) is 2.35. The molecule has 0 radical (unpaired) electrons. The Morgan fingerprint density at radius 1 is 1.58 bits per heavy atom. The van der Waals surface area contributed by atoms with Crippen molar-refractivity contribution in [2.75, 3.05) is 18.0 Å². The lowest BCUT2D eigenvalue weighted by atomic mass is 10.2. The lowest BCUT2D eigenvalue weighted by Crippen LogP contribution is -2.37. The van der Waals surface area contributed by atoms with Gasteiger partial charge in [-0.25, -0.2) is 4.45 Å². The van der Waals surface area contributed by atoms with E-state index in [4.69, 9.17) is 0 Å². The highest BCUT2D eigenvalue weighted by atomic mass is 127. The maximum Gasteiger partial charge on any atom is 0.132 e. The van der Waals surface area contributed by atoms with Crippen LogP contribution in [0.25, 0.3) is 0 Å². The number of rotatable bonds is 2. The molecule has 0 N–H and O–H groups in total. The van der Waals surface area contributed by atoms with E-state index in [2.05, 4.69) is 54.0 Å². The molecule has 0 aromatic carbocycles. The van der Waals surface area contributed by atoms with Crippen LogP contribution in [-0.2, 0) is 0 Å². The molecular weight excluding hydrogens is 352 g/mol. The van der Waals surface area contributed by atoms with Crippen LogP contribution in [0.1, 0.15) is 6.42 Å². The van der Waals surface area contributed by atoms with Crippen LogP contribution in [0.15, 0.2) is 10.7 Å². The van der Waals surface area contributed by atoms with Crippen LogP contribution in [-0.4, -0.2) is 22.6 Å². The smallest absolute Gasteiger partial charge is 0.132 e. The van der Waals surface area contributed by atoms with E-state index < -0.39 is 0 Å². The summed E-state index contributed by atoms with van der Waals surface area (Å²) in [6.07, 6.45) is 2.00. The molecule has 1 aliphatic rings. The molecule has 66 valence electrons. The van der Waals surface area contributed by atoms with Gasteiger partial charge < -0.3 is 4.90 Å². The molecule has 0 aliphatic carbocycles. The monoisotopic (exact) mass is 359 g/mol. The van der Waals surface area contributed by atoms with Crippen molar-refractivity contribution in [1.29, 1.82) is 0 Å². The van der Waals surface area contributed by atoms with Gasteiger partial charge in [-0.3, -0.25) is 0 Å². The van der Waals surface area contributed by atoms with Gasteiger partial charge >= 0.3 is 0 Å². The third kappa shape index (κ3) is 1.63. The summed E-state index contributed by atoms with van der Waals surface area (Å²) in [6.45, 7) is 2.36. The largest absolute Gasteiger partial charge is 0.356 e. The third-order valence-corrected chi connectivity index (χ3v) is 4.17. The number of hydrogen-bond donors (Lipinski definition) is 0. The zero-order valence-electron chi connectivity index (χ0n) is 6.30. The van der Waals surface area contributed by atoms with Gasteiger partial charge in [0.05, 0.1) is 6.37 Å². The van der Waals surface area contributed by atoms with E-state index in [1.165, 1.54) is 25.3 Å². The molecule has 0 saturated carbocycles. The van der Waals surface area contributed by atoms with Gasteiger partial charge in [0.25, 0.3) is 0 Å². The quantitative estimate of drug-likeness (QED) is 0.598. The molecule has 2 heterocycles. The van der Waals surface area contributed by atoms with Gasteiger partial charge in [-0.05, 0) is 44.4 Å². The van der Waals surface area contributed by atoms with Crippen LogP contribution < -0.4 is 4.90 Å². The molecule has 1 fully saturated rings. The van der Waals surface area contributed by atoms with Gasteiger partial charge in [-0.2, -0.15) is 5.10 Å². The molecule has 6 heteroatoms. The summed E-state index contributed by atoms with van der Waals surface area (Å²) in [6, 6.07) is 2.09. The van der Waals surface area contributed by atoms with Gasteiger partial charge in [-0.1, -0.05) is 0 Å². The average Bonchev–Trinajstić information content (AvgIpc) is 2.27. The Morgan fingerprint density at radius 2 is 2.33 bits per heavy atom. The third-order valence-electron chi connectivity index (χ3n) is 1.92. The van der Waals surface area contributed by atoms with Crippen molar-refractivity contribution in [1.82, 2.24) is 9.55 Å². The van der Waals surface area contributed by atoms with E-state index in [9.17, 15) is 0 Å². The molecule has 1 aromatic rings. The average molecular weight is 360 g/mol. The summed E-state index contributed by atoms with van der Waals surface area (Å²) in [5, 5.41) is 4.33. The van der Waals surface area contributed by atoms with Crippen LogP contribution in [0.4, 0.5) is 5.82 Å². The first kappa shape index (κ1) is 9.21. The number of halogens is 2. The topological polar surface area (TPSA) is 21.1 Å². The van der Waals surface area contributed by atoms with Crippen LogP contribution in [0.5, 0.6) is 0 Å². The number of hydrogen-bond acceptors (Lipinski definition) is 2. The minimum Gasteiger partial charge on any atom is -0.356 e. The van der Waals surface area contributed by atoms with Crippen molar-refractivity contribution >= 4 is 50.2 Å². The Morgan fingerprint density at radius 3 is 2.83 bits per heavy atom. The highest BCUT2D eigenvalue weighted by Crippen LogP contribution is 2.33. The van der Waals surface area contributed by atoms with E-state index in [-0.39, 0.29) is 0 Å². The van der Waals surface area contributed by atoms with Crippen LogP contribution in [0.2, 0.25) is 0 Å². The SMILES string of the molecule is Brc1cc(N2CCC2)n(PI)n1. The van der Waals surface area contributed by atoms with E-state index in [1.807, 2.05) is 4.45 Å². The first-order valence-corrected chi connectivity index (χ1v) is 8.54. The van der Waals surface area contributed by atoms with Crippen molar-refractivity contribution < 1.29 is 0 Å². The first-order valence-electron chi connectivity index (χ1n) is 3.68. The summed E-state index contributed by atoms with van der Waals surface area (Å²) >= 11 is 5.73. The lowest BCUT2D eigenvalue weighted by Gasteiger charge is -2.32. The van der Waals surface area contributed by atoms with Gasteiger partial charge in [0.15, 0.2) is 0 Å². The second kappa shape index (κ2) is 3.80. The summed E-state index contributed by atoms with van der Waals surface area (Å²) in [5.41, 5.74) is 0. The molecule has 0 spiro atoms. The summed E-state index contributed by atoms with van der Waals surface area (Å²) in [5.74, 6) is 1.25. The van der Waals surface area contributed by atoms with Crippen molar-refractivity contribution in [3.8, 4) is 0 Å². The van der Waals surface area contributed by atoms with Crippen LogP contribution >= 0.6 is 44.3 Å². The highest BCUT2D eigenvalue weighted by molar-refractivity contribution is 14.2. The lowest BCUT2D eigenvalue weighted by molar-refractivity contribution is 0.605. The summed E-state index contributed by atoms with van der Waals surface area (Å²) in [7, 11) is 0. The number of aromatic nitrogens is 2. The maximum atomic E-state index is 4.33. The van der Waals surface area contributed by atoms with E-state index in [0.29, 0.717) is 6.37 Å². The number of nitrogens with zero attached hydrogens (tertiary/aromatic N) is 3. The summed E-state index contributed by atoms with van der Waals surface area (Å²) < 4.78 is 2.98. The first-order chi connectivity index (χ1) is 5.81.